The summed E-state index contributed by atoms with van der Waals surface area (Å²) in [7, 11) is 0. The van der Waals surface area contributed by atoms with Gasteiger partial charge in [-0.2, -0.15) is 0 Å². The summed E-state index contributed by atoms with van der Waals surface area (Å²) in [6.07, 6.45) is 0.708. The van der Waals surface area contributed by atoms with Gasteiger partial charge >= 0.3 is 0 Å². The molecule has 0 aliphatic carbocycles. The molecule has 1 aliphatic rings. The Kier molecular flexibility index (Phi) is 3.76. The molecule has 1 aromatic carbocycles. The van der Waals surface area contributed by atoms with Gasteiger partial charge in [0.05, 0.1) is 12.6 Å². The number of hydrogen-bond donors (Lipinski definition) is 3. The van der Waals surface area contributed by atoms with E-state index < -0.39 is 0 Å². The SMILES string of the molecule is C[C@@H](CO)NC(=O)C1Cc2ccccc2CN1. The Morgan fingerprint density at radius 3 is 2.94 bits per heavy atom. The Morgan fingerprint density at radius 2 is 2.24 bits per heavy atom. The second-order valence-electron chi connectivity index (χ2n) is 4.50. The van der Waals surface area contributed by atoms with Crippen LogP contribution in [-0.2, 0) is 17.8 Å². The molecule has 3 N–H and O–H groups in total. The third-order valence-electron chi connectivity index (χ3n) is 3.06. The summed E-state index contributed by atoms with van der Waals surface area (Å²) in [6.45, 7) is 2.48. The number of carbonyl (C=O) groups is 1. The van der Waals surface area contributed by atoms with E-state index in [-0.39, 0.29) is 24.6 Å². The fourth-order valence-electron chi connectivity index (χ4n) is 2.03. The molecule has 2 atom stereocenters. The first-order valence-electron chi connectivity index (χ1n) is 5.92. The fraction of sp³-hybridized carbons (Fsp3) is 0.462. The highest BCUT2D eigenvalue weighted by molar-refractivity contribution is 5.82. The number of hydrogen-bond acceptors (Lipinski definition) is 3. The molecule has 17 heavy (non-hydrogen) atoms. The van der Waals surface area contributed by atoms with Crippen molar-refractivity contribution in [3.63, 3.8) is 0 Å². The Labute approximate surface area is 101 Å². The third kappa shape index (κ3) is 2.84. The van der Waals surface area contributed by atoms with Gasteiger partial charge in [-0.1, -0.05) is 24.3 Å². The summed E-state index contributed by atoms with van der Waals surface area (Å²) in [4.78, 5) is 11.9. The minimum absolute atomic E-state index is 0.0327. The number of aliphatic hydroxyl groups is 1. The Balaban J connectivity index is 2.00. The van der Waals surface area contributed by atoms with E-state index in [1.807, 2.05) is 12.1 Å². The zero-order valence-electron chi connectivity index (χ0n) is 9.94. The second kappa shape index (κ2) is 5.29. The first-order chi connectivity index (χ1) is 8.20. The minimum Gasteiger partial charge on any atom is -0.394 e. The molecule has 0 fully saturated rings. The standard InChI is InChI=1S/C13H18N2O2/c1-9(8-16)15-13(17)12-6-10-4-2-3-5-11(10)7-14-12/h2-5,9,12,14,16H,6-8H2,1H3,(H,15,17)/t9-,12?/m0/s1. The van der Waals surface area contributed by atoms with E-state index in [1.165, 1.54) is 11.1 Å². The number of rotatable bonds is 3. The van der Waals surface area contributed by atoms with Crippen LogP contribution in [-0.4, -0.2) is 29.7 Å². The van der Waals surface area contributed by atoms with Gasteiger partial charge in [-0.3, -0.25) is 4.79 Å². The lowest BCUT2D eigenvalue weighted by molar-refractivity contribution is -0.124. The highest BCUT2D eigenvalue weighted by Gasteiger charge is 2.24. The lowest BCUT2D eigenvalue weighted by atomic mass is 9.95. The topological polar surface area (TPSA) is 61.4 Å². The molecule has 0 saturated heterocycles. The predicted octanol–water partition coefficient (Wildman–Crippen LogP) is 0.198. The van der Waals surface area contributed by atoms with E-state index >= 15 is 0 Å². The van der Waals surface area contributed by atoms with E-state index in [2.05, 4.69) is 22.8 Å². The van der Waals surface area contributed by atoms with E-state index in [4.69, 9.17) is 5.11 Å². The summed E-state index contributed by atoms with van der Waals surface area (Å²) in [6, 6.07) is 7.75. The lowest BCUT2D eigenvalue weighted by Gasteiger charge is -2.26. The maximum Gasteiger partial charge on any atom is 0.237 e. The third-order valence-corrected chi connectivity index (χ3v) is 3.06. The molecular formula is C13H18N2O2. The van der Waals surface area contributed by atoms with Crippen LogP contribution in [0.2, 0.25) is 0 Å². The molecule has 0 aromatic heterocycles. The van der Waals surface area contributed by atoms with Crippen molar-refractivity contribution in [1.82, 2.24) is 10.6 Å². The molecule has 1 amide bonds. The summed E-state index contributed by atoms with van der Waals surface area (Å²) < 4.78 is 0. The number of aliphatic hydroxyl groups excluding tert-OH is 1. The second-order valence-corrected chi connectivity index (χ2v) is 4.50. The summed E-state index contributed by atoms with van der Waals surface area (Å²) in [5.41, 5.74) is 2.48. The molecule has 4 nitrogen and oxygen atoms in total. The van der Waals surface area contributed by atoms with Crippen molar-refractivity contribution in [3.05, 3.63) is 35.4 Å². The number of carbonyl (C=O) groups excluding carboxylic acids is 1. The molecule has 0 bridgehead atoms. The maximum absolute atomic E-state index is 11.9. The van der Waals surface area contributed by atoms with Gasteiger partial charge in [0, 0.05) is 12.6 Å². The molecule has 2 rings (SSSR count). The van der Waals surface area contributed by atoms with Crippen molar-refractivity contribution in [2.75, 3.05) is 6.61 Å². The molecule has 1 unspecified atom stereocenters. The van der Waals surface area contributed by atoms with Crippen molar-refractivity contribution in [3.8, 4) is 0 Å². The van der Waals surface area contributed by atoms with Crippen LogP contribution in [0, 0.1) is 0 Å². The molecule has 1 aromatic rings. The number of nitrogens with one attached hydrogen (secondary N) is 2. The van der Waals surface area contributed by atoms with Gasteiger partial charge in [0.15, 0.2) is 0 Å². The lowest BCUT2D eigenvalue weighted by Crippen LogP contribution is -2.50. The van der Waals surface area contributed by atoms with Crippen molar-refractivity contribution >= 4 is 5.91 Å². The molecule has 0 radical (unpaired) electrons. The van der Waals surface area contributed by atoms with E-state index in [0.717, 1.165) is 6.54 Å². The van der Waals surface area contributed by atoms with Crippen LogP contribution in [0.4, 0.5) is 0 Å². The van der Waals surface area contributed by atoms with Crippen LogP contribution >= 0.6 is 0 Å². The first-order valence-corrected chi connectivity index (χ1v) is 5.92. The predicted molar refractivity (Wildman–Crippen MR) is 65.5 cm³/mol. The van der Waals surface area contributed by atoms with Crippen LogP contribution in [0.1, 0.15) is 18.1 Å². The first kappa shape index (κ1) is 12.1. The van der Waals surface area contributed by atoms with Crippen molar-refractivity contribution in [2.24, 2.45) is 0 Å². The Bertz CT molecular complexity index is 406. The van der Waals surface area contributed by atoms with Crippen molar-refractivity contribution in [2.45, 2.75) is 32.0 Å². The molecule has 92 valence electrons. The summed E-state index contributed by atoms with van der Waals surface area (Å²) in [5, 5.41) is 14.9. The Morgan fingerprint density at radius 1 is 1.53 bits per heavy atom. The zero-order chi connectivity index (χ0) is 12.3. The highest BCUT2D eigenvalue weighted by atomic mass is 16.3. The monoisotopic (exact) mass is 234 g/mol. The van der Waals surface area contributed by atoms with Gasteiger partial charge in [0.1, 0.15) is 0 Å². The van der Waals surface area contributed by atoms with Crippen LogP contribution in [0.25, 0.3) is 0 Å². The van der Waals surface area contributed by atoms with E-state index in [9.17, 15) is 4.79 Å². The maximum atomic E-state index is 11.9. The van der Waals surface area contributed by atoms with Gasteiger partial charge in [-0.15, -0.1) is 0 Å². The normalized spacial score (nSPS) is 20.5. The minimum atomic E-state index is -0.195. The molecule has 0 spiro atoms. The average Bonchev–Trinajstić information content (AvgIpc) is 2.38. The van der Waals surface area contributed by atoms with Crippen LogP contribution in [0.3, 0.4) is 0 Å². The summed E-state index contributed by atoms with van der Waals surface area (Å²) in [5.74, 6) is -0.0407. The average molecular weight is 234 g/mol. The fourth-order valence-corrected chi connectivity index (χ4v) is 2.03. The molecule has 1 aliphatic heterocycles. The molecule has 4 heteroatoms. The van der Waals surface area contributed by atoms with Crippen LogP contribution in [0.15, 0.2) is 24.3 Å². The summed E-state index contributed by atoms with van der Waals surface area (Å²) >= 11 is 0. The molecular weight excluding hydrogens is 216 g/mol. The van der Waals surface area contributed by atoms with Gasteiger partial charge in [-0.25, -0.2) is 0 Å². The van der Waals surface area contributed by atoms with Gasteiger partial charge in [0.25, 0.3) is 0 Å². The van der Waals surface area contributed by atoms with E-state index in [1.54, 1.807) is 6.92 Å². The Hall–Kier alpha value is -1.39. The van der Waals surface area contributed by atoms with Crippen LogP contribution in [0.5, 0.6) is 0 Å². The smallest absolute Gasteiger partial charge is 0.237 e. The number of benzene rings is 1. The van der Waals surface area contributed by atoms with Gasteiger partial charge in [-0.05, 0) is 24.5 Å². The van der Waals surface area contributed by atoms with Gasteiger partial charge in [0.2, 0.25) is 5.91 Å². The molecule has 1 heterocycles. The van der Waals surface area contributed by atoms with Crippen LogP contribution < -0.4 is 10.6 Å². The number of fused-ring (bicyclic) bond motifs is 1. The van der Waals surface area contributed by atoms with Crippen molar-refractivity contribution < 1.29 is 9.90 Å². The van der Waals surface area contributed by atoms with Gasteiger partial charge < -0.3 is 15.7 Å². The quantitative estimate of drug-likeness (QED) is 0.700. The molecule has 0 saturated carbocycles. The van der Waals surface area contributed by atoms with E-state index in [0.29, 0.717) is 6.42 Å². The zero-order valence-corrected chi connectivity index (χ0v) is 9.94. The van der Waals surface area contributed by atoms with Crippen molar-refractivity contribution in [1.29, 1.82) is 0 Å². The largest absolute Gasteiger partial charge is 0.394 e. The highest BCUT2D eigenvalue weighted by Crippen LogP contribution is 2.16. The number of amides is 1.